The average Bonchev–Trinajstić information content (AvgIpc) is 4.11. The number of para-hydroxylation sites is 1. The third-order valence-corrected chi connectivity index (χ3v) is 15.7. The van der Waals surface area contributed by atoms with Crippen LogP contribution >= 0.6 is 11.3 Å². The summed E-state index contributed by atoms with van der Waals surface area (Å²) in [5, 5.41) is 23.6. The number of rotatable bonds is 16. The second-order valence-electron chi connectivity index (χ2n) is 17.1. The number of hydrogen-bond acceptors (Lipinski definition) is 15. The van der Waals surface area contributed by atoms with Crippen LogP contribution in [-0.4, -0.2) is 103 Å². The molecule has 18 nitrogen and oxygen atoms in total. The Bertz CT molecular complexity index is 3210. The number of nitriles is 1. The maximum Gasteiger partial charge on any atom is 0.410 e. The van der Waals surface area contributed by atoms with Gasteiger partial charge >= 0.3 is 6.09 Å². The zero-order valence-electron chi connectivity index (χ0n) is 38.6. The Labute approximate surface area is 404 Å². The molecular weight excluding hydrogens is 943 g/mol. The molecule has 358 valence electrons. The fourth-order valence-corrected chi connectivity index (χ4v) is 12.3. The number of hydrogen-bond donors (Lipinski definition) is 1. The number of benzene rings is 5. The van der Waals surface area contributed by atoms with Gasteiger partial charge in [-0.25, -0.2) is 31.3 Å². The summed E-state index contributed by atoms with van der Waals surface area (Å²) in [6, 6.07) is 30.2. The molecule has 1 amide bonds. The Balaban J connectivity index is 1.36. The third kappa shape index (κ3) is 10.8. The fraction of sp³-hybridized carbons (Fsp3) is 0.292. The van der Waals surface area contributed by atoms with Gasteiger partial charge in [0.15, 0.2) is 5.01 Å². The van der Waals surface area contributed by atoms with Crippen LogP contribution < -0.4 is 18.9 Å². The van der Waals surface area contributed by atoms with Gasteiger partial charge in [0, 0.05) is 37.8 Å². The van der Waals surface area contributed by atoms with E-state index >= 15 is 16.8 Å². The zero-order valence-corrected chi connectivity index (χ0v) is 41.1. The lowest BCUT2D eigenvalue weighted by molar-refractivity contribution is 0.0291. The maximum absolute atomic E-state index is 16.2. The summed E-state index contributed by atoms with van der Waals surface area (Å²) >= 11 is 1.15. The normalized spacial score (nSPS) is 14.2. The Morgan fingerprint density at radius 3 is 1.99 bits per heavy atom. The molecule has 2 aromatic heterocycles. The summed E-state index contributed by atoms with van der Waals surface area (Å²) in [5.41, 5.74) is 1.93. The molecule has 5 aromatic carbocycles. The van der Waals surface area contributed by atoms with Gasteiger partial charge in [-0.15, -0.1) is 21.5 Å². The van der Waals surface area contributed by atoms with E-state index in [4.69, 9.17) is 24.0 Å². The first-order valence-corrected chi connectivity index (χ1v) is 25.4. The molecule has 1 saturated heterocycles. The van der Waals surface area contributed by atoms with Gasteiger partial charge in [0.05, 0.1) is 43.7 Å². The van der Waals surface area contributed by atoms with E-state index in [1.165, 1.54) is 40.4 Å². The fourth-order valence-electron chi connectivity index (χ4n) is 7.85. The first-order chi connectivity index (χ1) is 33.0. The second-order valence-corrected chi connectivity index (χ2v) is 21.7. The Morgan fingerprint density at radius 1 is 0.826 bits per heavy atom. The van der Waals surface area contributed by atoms with Gasteiger partial charge in [-0.05, 0) is 103 Å². The predicted molar refractivity (Wildman–Crippen MR) is 258 cm³/mol. The quantitative estimate of drug-likeness (QED) is 0.101. The van der Waals surface area contributed by atoms with Crippen molar-refractivity contribution in [3.8, 4) is 45.8 Å². The first-order valence-electron chi connectivity index (χ1n) is 21.6. The molecule has 1 aliphatic heterocycles. The number of amides is 1. The van der Waals surface area contributed by atoms with Crippen LogP contribution in [0.25, 0.3) is 32.7 Å². The molecule has 3 heterocycles. The number of tetrazole rings is 1. The molecule has 69 heavy (non-hydrogen) atoms. The molecule has 0 radical (unpaired) electrons. The number of methoxy groups -OCH3 is 3. The summed E-state index contributed by atoms with van der Waals surface area (Å²) < 4.78 is 88.9. The van der Waals surface area contributed by atoms with Gasteiger partial charge in [-0.2, -0.15) is 14.4 Å². The van der Waals surface area contributed by atoms with E-state index in [0.717, 1.165) is 16.9 Å². The largest absolute Gasteiger partial charge is 0.497 e. The van der Waals surface area contributed by atoms with Crippen LogP contribution in [0.5, 0.6) is 17.2 Å². The first kappa shape index (κ1) is 48.5. The van der Waals surface area contributed by atoms with E-state index in [1.54, 1.807) is 107 Å². The lowest BCUT2D eigenvalue weighted by Crippen LogP contribution is -2.41. The van der Waals surface area contributed by atoms with Crippen LogP contribution in [0, 0.1) is 11.3 Å². The minimum Gasteiger partial charge on any atom is -0.497 e. The van der Waals surface area contributed by atoms with Gasteiger partial charge < -0.3 is 23.8 Å². The number of carbonyl (C=O) groups is 1. The number of ether oxygens (including phenoxy) is 4. The summed E-state index contributed by atoms with van der Waals surface area (Å²) in [7, 11) is -5.15. The van der Waals surface area contributed by atoms with Gasteiger partial charge in [0.2, 0.25) is 25.9 Å². The summed E-state index contributed by atoms with van der Waals surface area (Å²) in [6.07, 6.45) is -0.382. The van der Waals surface area contributed by atoms with Crippen molar-refractivity contribution in [1.29, 1.82) is 5.26 Å². The number of nitrogens with one attached hydrogen (secondary N) is 1. The van der Waals surface area contributed by atoms with E-state index in [9.17, 15) is 10.1 Å². The van der Waals surface area contributed by atoms with Crippen molar-refractivity contribution in [3.05, 3.63) is 125 Å². The molecule has 1 unspecified atom stereocenters. The van der Waals surface area contributed by atoms with Crippen molar-refractivity contribution in [2.24, 2.45) is 0 Å². The smallest absolute Gasteiger partial charge is 0.410 e. The van der Waals surface area contributed by atoms with Crippen LogP contribution in [0.3, 0.4) is 0 Å². The SMILES string of the molecule is COc1ccc(CN(Cc2ccc(OC)cc2)S(=O)(=O)c2c(S(=O)(=O)NC3CCN(C(=O)OC(C)(C)C)C3)ccc(-c3cccc4sc(C#N)nc34)c2-c2nnn(Cc3ccc(OC)cc3)n2)cc1. The highest BCUT2D eigenvalue weighted by Crippen LogP contribution is 2.44. The van der Waals surface area contributed by atoms with Crippen molar-refractivity contribution in [2.75, 3.05) is 34.4 Å². The van der Waals surface area contributed by atoms with Gasteiger partial charge in [0.25, 0.3) is 0 Å². The van der Waals surface area contributed by atoms with E-state index in [2.05, 4.69) is 26.1 Å². The molecule has 21 heteroatoms. The number of thiazole rings is 1. The Kier molecular flexibility index (Phi) is 14.0. The number of nitrogens with zero attached hydrogens (tertiary/aromatic N) is 8. The monoisotopic (exact) mass is 991 g/mol. The van der Waals surface area contributed by atoms with Crippen molar-refractivity contribution < 1.29 is 40.6 Å². The third-order valence-electron chi connectivity index (χ3n) is 11.2. The van der Waals surface area contributed by atoms with Crippen LogP contribution in [0.1, 0.15) is 48.9 Å². The lowest BCUT2D eigenvalue weighted by Gasteiger charge is -2.27. The molecular formula is C48H49N9O9S3. The van der Waals surface area contributed by atoms with E-state index in [0.29, 0.717) is 44.2 Å². The summed E-state index contributed by atoms with van der Waals surface area (Å²) in [4.78, 5) is 19.1. The molecule has 1 aliphatic rings. The molecule has 1 fully saturated rings. The maximum atomic E-state index is 16.2. The van der Waals surface area contributed by atoms with E-state index in [1.807, 2.05) is 12.1 Å². The molecule has 8 rings (SSSR count). The molecule has 1 atom stereocenters. The molecule has 0 saturated carbocycles. The van der Waals surface area contributed by atoms with Crippen LogP contribution in [-0.2, 0) is 44.4 Å². The highest BCUT2D eigenvalue weighted by Gasteiger charge is 2.40. The average molecular weight is 992 g/mol. The van der Waals surface area contributed by atoms with Gasteiger partial charge in [-0.3, -0.25) is 0 Å². The van der Waals surface area contributed by atoms with Crippen LogP contribution in [0.4, 0.5) is 4.79 Å². The number of carbonyl (C=O) groups excluding carboxylic acids is 1. The lowest BCUT2D eigenvalue weighted by atomic mass is 9.98. The topological polar surface area (TPSA) is 221 Å². The molecule has 0 spiro atoms. The van der Waals surface area contributed by atoms with Crippen molar-refractivity contribution >= 4 is 47.7 Å². The number of aromatic nitrogens is 5. The minimum atomic E-state index is -4.97. The Hall–Kier alpha value is -6.96. The zero-order chi connectivity index (χ0) is 49.1. The second kappa shape index (κ2) is 19.9. The summed E-state index contributed by atoms with van der Waals surface area (Å²) in [5.74, 6) is 1.54. The standard InChI is InChI=1S/C48H49N9O9S3/c1-48(2,3)66-47(58)55-25-24-34(30-55)53-68(59,60)41-23-22-38(39-8-7-9-40-44(39)50-42(26-49)67-40)43(46-51-54-57(52-46)29-33-14-20-37(65-6)21-15-33)45(41)69(61,62)56(27-31-10-16-35(63-4)17-11-31)28-32-12-18-36(64-5)19-13-32/h7-23,34,53H,24-25,27-30H2,1-6H3. The van der Waals surface area contributed by atoms with E-state index in [-0.39, 0.29) is 61.1 Å². The number of sulfonamides is 2. The highest BCUT2D eigenvalue weighted by atomic mass is 32.2. The molecule has 1 N–H and O–H groups in total. The van der Waals surface area contributed by atoms with Crippen molar-refractivity contribution in [2.45, 2.75) is 68.3 Å². The molecule has 0 aliphatic carbocycles. The highest BCUT2D eigenvalue weighted by molar-refractivity contribution is 7.92. The Morgan fingerprint density at radius 2 is 1.42 bits per heavy atom. The number of fused-ring (bicyclic) bond motifs is 1. The number of likely N-dealkylation sites (tertiary alicyclic amines) is 1. The van der Waals surface area contributed by atoms with Crippen LogP contribution in [0.15, 0.2) is 113 Å². The molecule has 7 aromatic rings. The predicted octanol–water partition coefficient (Wildman–Crippen LogP) is 7.24. The summed E-state index contributed by atoms with van der Waals surface area (Å²) in [6.45, 7) is 5.05. The minimum absolute atomic E-state index is 0.0312. The van der Waals surface area contributed by atoms with Gasteiger partial charge in [0.1, 0.15) is 38.7 Å². The van der Waals surface area contributed by atoms with Crippen molar-refractivity contribution in [3.63, 3.8) is 0 Å². The van der Waals surface area contributed by atoms with Crippen molar-refractivity contribution in [1.82, 2.24) is 39.1 Å². The van der Waals surface area contributed by atoms with Gasteiger partial charge in [-0.1, -0.05) is 54.6 Å². The van der Waals surface area contributed by atoms with Crippen LogP contribution in [0.2, 0.25) is 0 Å². The van der Waals surface area contributed by atoms with E-state index < -0.39 is 47.6 Å². The molecule has 0 bridgehead atoms.